The molecule has 0 saturated carbocycles. The molecule has 2 aromatic carbocycles. The smallest absolute Gasteiger partial charge is 0.319 e. The van der Waals surface area contributed by atoms with Crippen molar-refractivity contribution in [2.75, 3.05) is 25.0 Å². The van der Waals surface area contributed by atoms with Crippen molar-refractivity contribution in [3.8, 4) is 0 Å². The second kappa shape index (κ2) is 12.1. The average molecular weight is 537 g/mol. The molecule has 2 unspecified atom stereocenters. The molecule has 2 heterocycles. The van der Waals surface area contributed by atoms with Crippen LogP contribution in [0.25, 0.3) is 10.9 Å². The Labute approximate surface area is 225 Å². The molecule has 4 amide bonds. The summed E-state index contributed by atoms with van der Waals surface area (Å²) in [5, 5.41) is 25.3. The first-order valence-corrected chi connectivity index (χ1v) is 12.9. The number of halogens is 1. The molecule has 39 heavy (non-hydrogen) atoms. The van der Waals surface area contributed by atoms with E-state index in [-0.39, 0.29) is 42.5 Å². The first-order valence-electron chi connectivity index (χ1n) is 12.9. The molecule has 1 aromatic heterocycles. The lowest BCUT2D eigenvalue weighted by molar-refractivity contribution is -0.131. The first-order chi connectivity index (χ1) is 18.7. The summed E-state index contributed by atoms with van der Waals surface area (Å²) >= 11 is 0. The Morgan fingerprint density at radius 2 is 2.03 bits per heavy atom. The zero-order chi connectivity index (χ0) is 28.1. The summed E-state index contributed by atoms with van der Waals surface area (Å²) in [5.74, 6) is -1.10. The number of carbonyl (C=O) groups is 3. The van der Waals surface area contributed by atoms with Crippen LogP contribution in [0.3, 0.4) is 0 Å². The van der Waals surface area contributed by atoms with Crippen molar-refractivity contribution in [3.05, 3.63) is 70.8 Å². The summed E-state index contributed by atoms with van der Waals surface area (Å²) in [6.07, 6.45) is 2.29. The first kappa shape index (κ1) is 27.8. The van der Waals surface area contributed by atoms with Gasteiger partial charge in [0.1, 0.15) is 5.82 Å². The maximum atomic E-state index is 14.9. The van der Waals surface area contributed by atoms with Crippen molar-refractivity contribution >= 4 is 34.4 Å². The summed E-state index contributed by atoms with van der Waals surface area (Å²) in [6, 6.07) is 8.15. The molecule has 0 aliphatic carbocycles. The van der Waals surface area contributed by atoms with Gasteiger partial charge < -0.3 is 26.0 Å². The molecule has 0 fully saturated rings. The normalized spacial score (nSPS) is 16.0. The predicted molar refractivity (Wildman–Crippen MR) is 145 cm³/mol. The molecule has 3 aromatic rings. The zero-order valence-electron chi connectivity index (χ0n) is 22.2. The van der Waals surface area contributed by atoms with Crippen LogP contribution in [0.2, 0.25) is 0 Å². The fraction of sp³-hybridized carbons (Fsp3) is 0.357. The van der Waals surface area contributed by atoms with Crippen molar-refractivity contribution in [3.63, 3.8) is 0 Å². The maximum Gasteiger partial charge on any atom is 0.319 e. The summed E-state index contributed by atoms with van der Waals surface area (Å²) in [5.41, 5.74) is 2.57. The third-order valence-electron chi connectivity index (χ3n) is 6.91. The van der Waals surface area contributed by atoms with Crippen molar-refractivity contribution in [1.29, 1.82) is 0 Å². The minimum absolute atomic E-state index is 0.139. The van der Waals surface area contributed by atoms with Gasteiger partial charge in [-0.25, -0.2) is 9.18 Å². The minimum Gasteiger partial charge on any atom is -0.395 e. The maximum absolute atomic E-state index is 14.9. The van der Waals surface area contributed by atoms with Gasteiger partial charge in [-0.2, -0.15) is 5.10 Å². The standard InChI is InChI=1S/C28H33FN6O4/c1-4-16(2)15-35(9-10-36)24(37)13-19-11-18(5-7-22(19)29)26-25(17(3)31-28(39)33-26)27(38)32-21-6-8-23-20(12-21)14-30-34-23/h5-8,11-12,14,16,26,36H,4,9-10,13,15H2,1-3H3,(H,30,34)(H,32,38)(H2,31,33,39). The van der Waals surface area contributed by atoms with Crippen LogP contribution >= 0.6 is 0 Å². The molecule has 206 valence electrons. The van der Waals surface area contributed by atoms with Gasteiger partial charge in [-0.05, 0) is 54.3 Å². The number of aromatic nitrogens is 2. The van der Waals surface area contributed by atoms with E-state index in [0.29, 0.717) is 23.5 Å². The van der Waals surface area contributed by atoms with Gasteiger partial charge in [-0.15, -0.1) is 0 Å². The molecule has 1 aliphatic rings. The van der Waals surface area contributed by atoms with Crippen LogP contribution in [-0.2, 0) is 16.0 Å². The van der Waals surface area contributed by atoms with Gasteiger partial charge in [0.05, 0.1) is 36.4 Å². The number of rotatable bonds is 10. The van der Waals surface area contributed by atoms with Crippen LogP contribution < -0.4 is 16.0 Å². The SMILES string of the molecule is CCC(C)CN(CCO)C(=O)Cc1cc(C2NC(=O)NC(C)=C2C(=O)Nc2ccc3[nH]ncc3c2)ccc1F. The lowest BCUT2D eigenvalue weighted by atomic mass is 9.92. The van der Waals surface area contributed by atoms with Gasteiger partial charge in [0, 0.05) is 29.9 Å². The molecule has 0 bridgehead atoms. The third kappa shape index (κ3) is 6.43. The Morgan fingerprint density at radius 1 is 1.23 bits per heavy atom. The van der Waals surface area contributed by atoms with Crippen LogP contribution in [0.15, 0.2) is 53.9 Å². The number of fused-ring (bicyclic) bond motifs is 1. The Morgan fingerprint density at radius 3 is 2.77 bits per heavy atom. The zero-order valence-corrected chi connectivity index (χ0v) is 22.2. The molecular formula is C28H33FN6O4. The fourth-order valence-corrected chi connectivity index (χ4v) is 4.59. The number of amides is 4. The number of H-pyrrole nitrogens is 1. The van der Waals surface area contributed by atoms with Gasteiger partial charge in [-0.3, -0.25) is 14.7 Å². The molecule has 0 radical (unpaired) electrons. The van der Waals surface area contributed by atoms with E-state index in [2.05, 4.69) is 26.1 Å². The van der Waals surface area contributed by atoms with Crippen LogP contribution in [0.5, 0.6) is 0 Å². The number of nitrogens with zero attached hydrogens (tertiary/aromatic N) is 2. The topological polar surface area (TPSA) is 139 Å². The summed E-state index contributed by atoms with van der Waals surface area (Å²) in [6.45, 7) is 6.07. The highest BCUT2D eigenvalue weighted by Crippen LogP contribution is 2.30. The molecule has 4 rings (SSSR count). The summed E-state index contributed by atoms with van der Waals surface area (Å²) in [7, 11) is 0. The van der Waals surface area contributed by atoms with Gasteiger partial charge in [0.25, 0.3) is 5.91 Å². The highest BCUT2D eigenvalue weighted by Gasteiger charge is 2.32. The number of urea groups is 1. The van der Waals surface area contributed by atoms with Crippen LogP contribution in [0.4, 0.5) is 14.9 Å². The Balaban J connectivity index is 1.60. The Hall–Kier alpha value is -4.25. The lowest BCUT2D eigenvalue weighted by Gasteiger charge is -2.29. The minimum atomic E-state index is -0.875. The van der Waals surface area contributed by atoms with Crippen LogP contribution in [0, 0.1) is 11.7 Å². The van der Waals surface area contributed by atoms with Crippen molar-refractivity contribution in [2.45, 2.75) is 39.7 Å². The molecule has 5 N–H and O–H groups in total. The van der Waals surface area contributed by atoms with Crippen molar-refractivity contribution in [1.82, 2.24) is 25.7 Å². The Kier molecular flexibility index (Phi) is 8.60. The van der Waals surface area contributed by atoms with Gasteiger partial charge in [0.15, 0.2) is 0 Å². The number of hydrogen-bond donors (Lipinski definition) is 5. The van der Waals surface area contributed by atoms with E-state index < -0.39 is 23.8 Å². The highest BCUT2D eigenvalue weighted by atomic mass is 19.1. The Bertz CT molecular complexity index is 1420. The quantitative estimate of drug-likeness (QED) is 0.270. The van der Waals surface area contributed by atoms with Crippen LogP contribution in [0.1, 0.15) is 44.4 Å². The number of carbonyl (C=O) groups excluding carboxylic acids is 3. The van der Waals surface area contributed by atoms with E-state index >= 15 is 0 Å². The number of aliphatic hydroxyl groups is 1. The van der Waals surface area contributed by atoms with Gasteiger partial charge >= 0.3 is 6.03 Å². The average Bonchev–Trinajstić information content (AvgIpc) is 3.37. The van der Waals surface area contributed by atoms with Crippen molar-refractivity contribution < 1.29 is 23.9 Å². The summed E-state index contributed by atoms with van der Waals surface area (Å²) in [4.78, 5) is 40.4. The molecule has 1 aliphatic heterocycles. The molecule has 0 saturated heterocycles. The number of benzene rings is 2. The number of nitrogens with one attached hydrogen (secondary N) is 4. The van der Waals surface area contributed by atoms with E-state index in [0.717, 1.165) is 17.3 Å². The predicted octanol–water partition coefficient (Wildman–Crippen LogP) is 3.38. The number of anilines is 1. The molecule has 10 nitrogen and oxygen atoms in total. The number of aromatic amines is 1. The lowest BCUT2D eigenvalue weighted by Crippen LogP contribution is -2.46. The number of aliphatic hydroxyl groups excluding tert-OH is 1. The second-order valence-electron chi connectivity index (χ2n) is 9.80. The molecule has 2 atom stereocenters. The van der Waals surface area contributed by atoms with E-state index in [4.69, 9.17) is 0 Å². The number of allylic oxidation sites excluding steroid dienone is 1. The molecular weight excluding hydrogens is 503 g/mol. The third-order valence-corrected chi connectivity index (χ3v) is 6.91. The second-order valence-corrected chi connectivity index (χ2v) is 9.80. The largest absolute Gasteiger partial charge is 0.395 e. The van der Waals surface area contributed by atoms with E-state index in [1.165, 1.54) is 23.1 Å². The van der Waals surface area contributed by atoms with Gasteiger partial charge in [0.2, 0.25) is 5.91 Å². The van der Waals surface area contributed by atoms with E-state index in [1.54, 1.807) is 31.3 Å². The molecule has 11 heteroatoms. The molecule has 0 spiro atoms. The van der Waals surface area contributed by atoms with E-state index in [9.17, 15) is 23.9 Å². The van der Waals surface area contributed by atoms with E-state index in [1.807, 2.05) is 13.8 Å². The monoisotopic (exact) mass is 536 g/mol. The fourth-order valence-electron chi connectivity index (χ4n) is 4.59. The summed E-state index contributed by atoms with van der Waals surface area (Å²) < 4.78 is 14.9. The van der Waals surface area contributed by atoms with Crippen LogP contribution in [-0.4, -0.2) is 57.7 Å². The van der Waals surface area contributed by atoms with Gasteiger partial charge in [-0.1, -0.05) is 26.3 Å². The van der Waals surface area contributed by atoms with Crippen molar-refractivity contribution in [2.24, 2.45) is 5.92 Å². The highest BCUT2D eigenvalue weighted by molar-refractivity contribution is 6.07. The number of hydrogen-bond acceptors (Lipinski definition) is 5.